The molecular formula is C15H13N5O. The first-order chi connectivity index (χ1) is 10.2. The average molecular weight is 279 g/mol. The van der Waals surface area contributed by atoms with Crippen LogP contribution in [0.2, 0.25) is 0 Å². The quantitative estimate of drug-likeness (QED) is 0.709. The zero-order valence-corrected chi connectivity index (χ0v) is 11.2. The van der Waals surface area contributed by atoms with Gasteiger partial charge >= 0.3 is 0 Å². The SMILES string of the molecule is Nc1ncc2c(n1)CN(C(=O)c1cc3ccccc3[nH]1)C2. The van der Waals surface area contributed by atoms with E-state index in [1.807, 2.05) is 30.3 Å². The summed E-state index contributed by atoms with van der Waals surface area (Å²) in [7, 11) is 0. The number of fused-ring (bicyclic) bond motifs is 2. The summed E-state index contributed by atoms with van der Waals surface area (Å²) in [6, 6.07) is 9.71. The van der Waals surface area contributed by atoms with Crippen LogP contribution in [0.3, 0.4) is 0 Å². The molecule has 3 aromatic rings. The van der Waals surface area contributed by atoms with E-state index in [9.17, 15) is 4.79 Å². The van der Waals surface area contributed by atoms with Crippen molar-refractivity contribution >= 4 is 22.8 Å². The number of anilines is 1. The van der Waals surface area contributed by atoms with E-state index < -0.39 is 0 Å². The molecule has 0 radical (unpaired) electrons. The molecule has 1 amide bonds. The number of para-hydroxylation sites is 1. The highest BCUT2D eigenvalue weighted by molar-refractivity contribution is 5.98. The van der Waals surface area contributed by atoms with E-state index in [4.69, 9.17) is 5.73 Å². The molecule has 4 rings (SSSR count). The fourth-order valence-corrected chi connectivity index (χ4v) is 2.67. The van der Waals surface area contributed by atoms with Crippen LogP contribution >= 0.6 is 0 Å². The molecule has 3 N–H and O–H groups in total. The van der Waals surface area contributed by atoms with Crippen molar-refractivity contribution in [3.8, 4) is 0 Å². The minimum atomic E-state index is -0.0391. The Kier molecular flexibility index (Phi) is 2.44. The Morgan fingerprint density at radius 1 is 1.29 bits per heavy atom. The van der Waals surface area contributed by atoms with Crippen molar-refractivity contribution in [2.75, 3.05) is 5.73 Å². The second-order valence-electron chi connectivity index (χ2n) is 5.13. The molecule has 0 atom stereocenters. The predicted molar refractivity (Wildman–Crippen MR) is 78.3 cm³/mol. The van der Waals surface area contributed by atoms with Gasteiger partial charge in [-0.05, 0) is 12.1 Å². The fraction of sp³-hybridized carbons (Fsp3) is 0.133. The summed E-state index contributed by atoms with van der Waals surface area (Å²) in [6.45, 7) is 0.986. The first-order valence-electron chi connectivity index (χ1n) is 6.68. The molecule has 0 aliphatic carbocycles. The maximum absolute atomic E-state index is 12.6. The summed E-state index contributed by atoms with van der Waals surface area (Å²) in [4.78, 5) is 25.6. The minimum absolute atomic E-state index is 0.0391. The van der Waals surface area contributed by atoms with Crippen molar-refractivity contribution in [3.05, 3.63) is 53.5 Å². The van der Waals surface area contributed by atoms with Gasteiger partial charge in [0.05, 0.1) is 12.2 Å². The van der Waals surface area contributed by atoms with Crippen molar-refractivity contribution < 1.29 is 4.79 Å². The number of nitrogens with zero attached hydrogens (tertiary/aromatic N) is 3. The maximum Gasteiger partial charge on any atom is 0.270 e. The van der Waals surface area contributed by atoms with Crippen molar-refractivity contribution in [1.29, 1.82) is 0 Å². The Morgan fingerprint density at radius 3 is 3.00 bits per heavy atom. The third-order valence-corrected chi connectivity index (χ3v) is 3.72. The molecule has 0 fully saturated rings. The third-order valence-electron chi connectivity index (χ3n) is 3.72. The molecule has 3 heterocycles. The molecular weight excluding hydrogens is 266 g/mol. The number of aromatic nitrogens is 3. The van der Waals surface area contributed by atoms with Gasteiger partial charge < -0.3 is 15.6 Å². The van der Waals surface area contributed by atoms with Gasteiger partial charge in [-0.2, -0.15) is 0 Å². The highest BCUT2D eigenvalue weighted by Gasteiger charge is 2.26. The highest BCUT2D eigenvalue weighted by Crippen LogP contribution is 2.23. The van der Waals surface area contributed by atoms with Gasteiger partial charge in [-0.15, -0.1) is 0 Å². The summed E-state index contributed by atoms with van der Waals surface area (Å²) in [5.74, 6) is 0.205. The first-order valence-corrected chi connectivity index (χ1v) is 6.68. The minimum Gasteiger partial charge on any atom is -0.368 e. The van der Waals surface area contributed by atoms with E-state index in [2.05, 4.69) is 15.0 Å². The van der Waals surface area contributed by atoms with Crippen LogP contribution in [0.5, 0.6) is 0 Å². The van der Waals surface area contributed by atoms with Crippen LogP contribution in [0.4, 0.5) is 5.95 Å². The number of carbonyl (C=O) groups excluding carboxylic acids is 1. The fourth-order valence-electron chi connectivity index (χ4n) is 2.67. The van der Waals surface area contributed by atoms with Gasteiger partial charge in [0.2, 0.25) is 5.95 Å². The number of aromatic amines is 1. The maximum atomic E-state index is 12.6. The van der Waals surface area contributed by atoms with Gasteiger partial charge in [-0.3, -0.25) is 4.79 Å². The zero-order valence-electron chi connectivity index (χ0n) is 11.2. The lowest BCUT2D eigenvalue weighted by Gasteiger charge is -2.13. The number of rotatable bonds is 1. The second-order valence-corrected chi connectivity index (χ2v) is 5.13. The van der Waals surface area contributed by atoms with Gasteiger partial charge in [0.25, 0.3) is 5.91 Å². The lowest BCUT2D eigenvalue weighted by molar-refractivity contribution is 0.0745. The molecule has 0 spiro atoms. The molecule has 2 aromatic heterocycles. The van der Waals surface area contributed by atoms with Gasteiger partial charge in [0.1, 0.15) is 5.69 Å². The van der Waals surface area contributed by atoms with Crippen LogP contribution < -0.4 is 5.73 Å². The summed E-state index contributed by atoms with van der Waals surface area (Å²) < 4.78 is 0. The summed E-state index contributed by atoms with van der Waals surface area (Å²) >= 11 is 0. The van der Waals surface area contributed by atoms with E-state index in [1.165, 1.54) is 0 Å². The molecule has 0 bridgehead atoms. The number of hydrogen-bond donors (Lipinski definition) is 2. The van der Waals surface area contributed by atoms with Crippen LogP contribution in [-0.2, 0) is 13.1 Å². The zero-order chi connectivity index (χ0) is 14.4. The third kappa shape index (κ3) is 1.92. The van der Waals surface area contributed by atoms with E-state index in [0.29, 0.717) is 18.8 Å². The van der Waals surface area contributed by atoms with Gasteiger partial charge in [0, 0.05) is 29.2 Å². The highest BCUT2D eigenvalue weighted by atomic mass is 16.2. The molecule has 21 heavy (non-hydrogen) atoms. The summed E-state index contributed by atoms with van der Waals surface area (Å²) in [5, 5.41) is 1.03. The molecule has 0 saturated carbocycles. The Balaban J connectivity index is 1.64. The summed E-state index contributed by atoms with van der Waals surface area (Å²) in [6.07, 6.45) is 1.69. The smallest absolute Gasteiger partial charge is 0.270 e. The lowest BCUT2D eigenvalue weighted by Crippen LogP contribution is -2.25. The molecule has 0 saturated heterocycles. The molecule has 104 valence electrons. The number of H-pyrrole nitrogens is 1. The van der Waals surface area contributed by atoms with Crippen molar-refractivity contribution in [2.45, 2.75) is 13.1 Å². The Labute approximate surface area is 120 Å². The Morgan fingerprint density at radius 2 is 2.14 bits per heavy atom. The number of nitrogens with two attached hydrogens (primary N) is 1. The molecule has 1 aliphatic heterocycles. The van der Waals surface area contributed by atoms with Gasteiger partial charge in [-0.25, -0.2) is 9.97 Å². The average Bonchev–Trinajstić information content (AvgIpc) is 3.09. The second kappa shape index (κ2) is 4.31. The topological polar surface area (TPSA) is 87.9 Å². The number of amides is 1. The van der Waals surface area contributed by atoms with Crippen LogP contribution in [0, 0.1) is 0 Å². The normalized spacial score (nSPS) is 13.6. The molecule has 6 heteroatoms. The molecule has 1 aliphatic rings. The van der Waals surface area contributed by atoms with Crippen LogP contribution in [0.25, 0.3) is 10.9 Å². The monoisotopic (exact) mass is 279 g/mol. The number of nitrogen functional groups attached to an aromatic ring is 1. The van der Waals surface area contributed by atoms with E-state index in [-0.39, 0.29) is 11.9 Å². The van der Waals surface area contributed by atoms with Gasteiger partial charge in [-0.1, -0.05) is 18.2 Å². The van der Waals surface area contributed by atoms with E-state index in [1.54, 1.807) is 11.1 Å². The standard InChI is InChI=1S/C15H13N5O/c16-15-17-6-10-7-20(8-13(10)19-15)14(21)12-5-9-3-1-2-4-11(9)18-12/h1-6,18H,7-8H2,(H2,16,17,19). The van der Waals surface area contributed by atoms with Gasteiger partial charge in [0.15, 0.2) is 0 Å². The Hall–Kier alpha value is -2.89. The largest absolute Gasteiger partial charge is 0.368 e. The van der Waals surface area contributed by atoms with Crippen molar-refractivity contribution in [3.63, 3.8) is 0 Å². The molecule has 1 aromatic carbocycles. The van der Waals surface area contributed by atoms with Crippen LogP contribution in [0.15, 0.2) is 36.5 Å². The van der Waals surface area contributed by atoms with E-state index in [0.717, 1.165) is 22.2 Å². The molecule has 0 unspecified atom stereocenters. The Bertz CT molecular complexity index is 821. The number of carbonyl (C=O) groups is 1. The van der Waals surface area contributed by atoms with Crippen LogP contribution in [-0.4, -0.2) is 25.8 Å². The first kappa shape index (κ1) is 11.9. The summed E-state index contributed by atoms with van der Waals surface area (Å²) in [5.41, 5.74) is 8.91. The molecule has 6 nitrogen and oxygen atoms in total. The number of benzene rings is 1. The van der Waals surface area contributed by atoms with E-state index >= 15 is 0 Å². The van der Waals surface area contributed by atoms with Crippen molar-refractivity contribution in [1.82, 2.24) is 19.9 Å². The van der Waals surface area contributed by atoms with Crippen LogP contribution in [0.1, 0.15) is 21.7 Å². The lowest BCUT2D eigenvalue weighted by atomic mass is 10.2. The number of hydrogen-bond acceptors (Lipinski definition) is 4. The van der Waals surface area contributed by atoms with Crippen molar-refractivity contribution in [2.24, 2.45) is 0 Å². The predicted octanol–water partition coefficient (Wildman–Crippen LogP) is 1.70. The number of nitrogens with one attached hydrogen (secondary N) is 1.